The molecule has 1 aliphatic carbocycles. The first-order valence-corrected chi connectivity index (χ1v) is 7.84. The fraction of sp³-hybridized carbons (Fsp3) is 0.647. The highest BCUT2D eigenvalue weighted by Crippen LogP contribution is 2.21. The molecule has 3 rings (SSSR count). The normalized spacial score (nSPS) is 24.0. The van der Waals surface area contributed by atoms with Gasteiger partial charge in [0.05, 0.1) is 13.2 Å². The van der Waals surface area contributed by atoms with Gasteiger partial charge in [0.15, 0.2) is 0 Å². The first-order valence-electron chi connectivity index (χ1n) is 7.84. The van der Waals surface area contributed by atoms with E-state index in [2.05, 4.69) is 42.3 Å². The summed E-state index contributed by atoms with van der Waals surface area (Å²) in [7, 11) is 0. The largest absolute Gasteiger partial charge is 0.378 e. The average molecular weight is 274 g/mol. The van der Waals surface area contributed by atoms with Crippen LogP contribution in [0.4, 0.5) is 0 Å². The molecule has 2 fully saturated rings. The van der Waals surface area contributed by atoms with Crippen molar-refractivity contribution in [3.05, 3.63) is 34.9 Å². The minimum absolute atomic E-state index is 0.517. The van der Waals surface area contributed by atoms with Crippen LogP contribution in [0, 0.1) is 13.8 Å². The molecule has 1 unspecified atom stereocenters. The fourth-order valence-corrected chi connectivity index (χ4v) is 2.98. The highest BCUT2D eigenvalue weighted by molar-refractivity contribution is 5.33. The lowest BCUT2D eigenvalue weighted by Crippen LogP contribution is -2.50. The predicted octanol–water partition coefficient (Wildman–Crippen LogP) is 2.26. The SMILES string of the molecule is Cc1cccc(C)c1CN1CCOCC1CNC1CC1. The summed E-state index contributed by atoms with van der Waals surface area (Å²) in [6.45, 7) is 9.34. The molecular weight excluding hydrogens is 248 g/mol. The molecule has 0 spiro atoms. The van der Waals surface area contributed by atoms with Crippen LogP contribution < -0.4 is 5.32 Å². The lowest BCUT2D eigenvalue weighted by molar-refractivity contribution is -0.0112. The van der Waals surface area contributed by atoms with Gasteiger partial charge in [0.2, 0.25) is 0 Å². The van der Waals surface area contributed by atoms with Gasteiger partial charge >= 0.3 is 0 Å². The molecular formula is C17H26N2O. The van der Waals surface area contributed by atoms with Crippen molar-refractivity contribution in [3.63, 3.8) is 0 Å². The van der Waals surface area contributed by atoms with Crippen LogP contribution in [-0.2, 0) is 11.3 Å². The Morgan fingerprint density at radius 3 is 2.70 bits per heavy atom. The second kappa shape index (κ2) is 6.25. The van der Waals surface area contributed by atoms with E-state index < -0.39 is 0 Å². The third kappa shape index (κ3) is 3.40. The summed E-state index contributed by atoms with van der Waals surface area (Å²) in [5.74, 6) is 0. The van der Waals surface area contributed by atoms with Crippen molar-refractivity contribution in [2.24, 2.45) is 0 Å². The quantitative estimate of drug-likeness (QED) is 0.891. The standard InChI is InChI=1S/C17H26N2O/c1-13-4-3-5-14(2)17(13)11-19-8-9-20-12-16(19)10-18-15-6-7-15/h3-5,15-16,18H,6-12H2,1-2H3. The van der Waals surface area contributed by atoms with Gasteiger partial charge < -0.3 is 10.1 Å². The van der Waals surface area contributed by atoms with Gasteiger partial charge in [-0.25, -0.2) is 0 Å². The number of rotatable bonds is 5. The van der Waals surface area contributed by atoms with Crippen molar-refractivity contribution in [2.45, 2.75) is 45.3 Å². The molecule has 1 N–H and O–H groups in total. The molecule has 20 heavy (non-hydrogen) atoms. The number of ether oxygens (including phenoxy) is 1. The summed E-state index contributed by atoms with van der Waals surface area (Å²) in [6.07, 6.45) is 2.70. The van der Waals surface area contributed by atoms with Gasteiger partial charge in [-0.2, -0.15) is 0 Å². The number of hydrogen-bond donors (Lipinski definition) is 1. The van der Waals surface area contributed by atoms with E-state index in [-0.39, 0.29) is 0 Å². The average Bonchev–Trinajstić information content (AvgIpc) is 3.26. The van der Waals surface area contributed by atoms with Crippen LogP contribution in [-0.4, -0.2) is 43.3 Å². The highest BCUT2D eigenvalue weighted by Gasteiger charge is 2.27. The molecule has 1 aromatic carbocycles. The van der Waals surface area contributed by atoms with E-state index in [4.69, 9.17) is 4.74 Å². The van der Waals surface area contributed by atoms with Gasteiger partial charge in [0, 0.05) is 31.7 Å². The zero-order valence-electron chi connectivity index (χ0n) is 12.7. The molecule has 2 aliphatic rings. The number of benzene rings is 1. The van der Waals surface area contributed by atoms with Crippen molar-refractivity contribution < 1.29 is 4.74 Å². The maximum atomic E-state index is 5.68. The number of aryl methyl sites for hydroxylation is 2. The van der Waals surface area contributed by atoms with E-state index in [1.807, 2.05) is 0 Å². The smallest absolute Gasteiger partial charge is 0.0635 e. The van der Waals surface area contributed by atoms with E-state index in [1.165, 1.54) is 29.5 Å². The molecule has 1 heterocycles. The third-order valence-corrected chi connectivity index (χ3v) is 4.57. The Hall–Kier alpha value is -0.900. The zero-order chi connectivity index (χ0) is 13.9. The Balaban J connectivity index is 1.66. The van der Waals surface area contributed by atoms with Crippen molar-refractivity contribution in [2.75, 3.05) is 26.3 Å². The zero-order valence-corrected chi connectivity index (χ0v) is 12.7. The van der Waals surface area contributed by atoms with E-state index in [1.54, 1.807) is 0 Å². The molecule has 1 aromatic rings. The molecule has 0 aromatic heterocycles. The van der Waals surface area contributed by atoms with Crippen molar-refractivity contribution in [1.82, 2.24) is 10.2 Å². The summed E-state index contributed by atoms with van der Waals surface area (Å²) in [5, 5.41) is 3.65. The van der Waals surface area contributed by atoms with Crippen LogP contribution in [0.25, 0.3) is 0 Å². The van der Waals surface area contributed by atoms with Crippen LogP contribution in [0.1, 0.15) is 29.5 Å². The third-order valence-electron chi connectivity index (χ3n) is 4.57. The molecule has 3 heteroatoms. The molecule has 0 amide bonds. The second-order valence-electron chi connectivity index (χ2n) is 6.25. The van der Waals surface area contributed by atoms with E-state index >= 15 is 0 Å². The molecule has 110 valence electrons. The van der Waals surface area contributed by atoms with Gasteiger partial charge in [0.25, 0.3) is 0 Å². The van der Waals surface area contributed by atoms with E-state index in [0.29, 0.717) is 6.04 Å². The summed E-state index contributed by atoms with van der Waals surface area (Å²) >= 11 is 0. The predicted molar refractivity (Wildman–Crippen MR) is 82.0 cm³/mol. The minimum atomic E-state index is 0.517. The number of nitrogens with zero attached hydrogens (tertiary/aromatic N) is 1. The first-order chi connectivity index (χ1) is 9.74. The van der Waals surface area contributed by atoms with Gasteiger partial charge in [-0.15, -0.1) is 0 Å². The summed E-state index contributed by atoms with van der Waals surface area (Å²) in [5.41, 5.74) is 4.31. The van der Waals surface area contributed by atoms with Gasteiger partial charge in [-0.1, -0.05) is 18.2 Å². The fourth-order valence-electron chi connectivity index (χ4n) is 2.98. The Kier molecular flexibility index (Phi) is 4.39. The molecule has 0 bridgehead atoms. The van der Waals surface area contributed by atoms with Gasteiger partial charge in [-0.05, 0) is 43.4 Å². The second-order valence-corrected chi connectivity index (χ2v) is 6.25. The van der Waals surface area contributed by atoms with Crippen LogP contribution in [0.5, 0.6) is 0 Å². The first kappa shape index (κ1) is 14.1. The monoisotopic (exact) mass is 274 g/mol. The molecule has 1 saturated carbocycles. The summed E-state index contributed by atoms with van der Waals surface area (Å²) < 4.78 is 5.68. The molecule has 3 nitrogen and oxygen atoms in total. The Morgan fingerprint density at radius 1 is 1.25 bits per heavy atom. The Labute approximate surface area is 122 Å². The minimum Gasteiger partial charge on any atom is -0.378 e. The maximum Gasteiger partial charge on any atom is 0.0635 e. The molecule has 1 saturated heterocycles. The van der Waals surface area contributed by atoms with Crippen LogP contribution in [0.3, 0.4) is 0 Å². The molecule has 1 atom stereocenters. The van der Waals surface area contributed by atoms with E-state index in [9.17, 15) is 0 Å². The van der Waals surface area contributed by atoms with Crippen molar-refractivity contribution in [1.29, 1.82) is 0 Å². The number of hydrogen-bond acceptors (Lipinski definition) is 3. The number of morpholine rings is 1. The van der Waals surface area contributed by atoms with Gasteiger partial charge in [-0.3, -0.25) is 4.90 Å². The van der Waals surface area contributed by atoms with Crippen molar-refractivity contribution >= 4 is 0 Å². The molecule has 0 radical (unpaired) electrons. The highest BCUT2D eigenvalue weighted by atomic mass is 16.5. The summed E-state index contributed by atoms with van der Waals surface area (Å²) in [4.78, 5) is 2.59. The van der Waals surface area contributed by atoms with Gasteiger partial charge in [0.1, 0.15) is 0 Å². The van der Waals surface area contributed by atoms with E-state index in [0.717, 1.165) is 38.9 Å². The van der Waals surface area contributed by atoms with Crippen molar-refractivity contribution in [3.8, 4) is 0 Å². The summed E-state index contributed by atoms with van der Waals surface area (Å²) in [6, 6.07) is 7.89. The van der Waals surface area contributed by atoms with Crippen LogP contribution in [0.2, 0.25) is 0 Å². The van der Waals surface area contributed by atoms with Crippen LogP contribution in [0.15, 0.2) is 18.2 Å². The Morgan fingerprint density at radius 2 is 2.00 bits per heavy atom. The maximum absolute atomic E-state index is 5.68. The number of nitrogens with one attached hydrogen (secondary N) is 1. The lowest BCUT2D eigenvalue weighted by Gasteiger charge is -2.36. The topological polar surface area (TPSA) is 24.5 Å². The molecule has 1 aliphatic heterocycles. The lowest BCUT2D eigenvalue weighted by atomic mass is 10.0. The Bertz CT molecular complexity index is 436. The van der Waals surface area contributed by atoms with Crippen LogP contribution >= 0.6 is 0 Å².